The molecule has 6 nitrogen and oxygen atoms in total. The molecule has 0 spiro atoms. The highest BCUT2D eigenvalue weighted by Crippen LogP contribution is 2.52. The van der Waals surface area contributed by atoms with E-state index in [0.29, 0.717) is 17.1 Å². The Kier molecular flexibility index (Phi) is 6.19. The molecular weight excluding hydrogens is 404 g/mol. The second-order valence-corrected chi connectivity index (χ2v) is 6.99. The molecule has 0 amide bonds. The van der Waals surface area contributed by atoms with Crippen molar-refractivity contribution < 1.29 is 18.9 Å². The zero-order valence-corrected chi connectivity index (χ0v) is 17.7. The first-order chi connectivity index (χ1) is 15.7. The van der Waals surface area contributed by atoms with Gasteiger partial charge >= 0.3 is 0 Å². The summed E-state index contributed by atoms with van der Waals surface area (Å²) in [6.45, 7) is 0.106. The molecule has 0 saturated heterocycles. The topological polar surface area (TPSA) is 84.5 Å². The summed E-state index contributed by atoms with van der Waals surface area (Å²) in [6.07, 6.45) is 1.60. The smallest absolute Gasteiger partial charge is 0.188 e. The maximum Gasteiger partial charge on any atom is 0.188 e. The number of rotatable bonds is 7. The molecule has 0 bridgehead atoms. The fourth-order valence-corrected chi connectivity index (χ4v) is 3.94. The van der Waals surface area contributed by atoms with Gasteiger partial charge in [0.05, 0.1) is 0 Å². The van der Waals surface area contributed by atoms with Crippen LogP contribution in [0.5, 0.6) is 11.5 Å². The van der Waals surface area contributed by atoms with Crippen molar-refractivity contribution in [2.24, 2.45) is 0 Å². The van der Waals surface area contributed by atoms with Gasteiger partial charge in [0.25, 0.3) is 0 Å². The number of nitrogens with zero attached hydrogens (tertiary/aromatic N) is 2. The number of methoxy groups -OCH3 is 2. The van der Waals surface area contributed by atoms with E-state index in [-0.39, 0.29) is 19.2 Å². The molecule has 0 atom stereocenters. The number of allylic oxidation sites excluding steroid dienone is 1. The second kappa shape index (κ2) is 9.36. The van der Waals surface area contributed by atoms with Crippen LogP contribution in [0.25, 0.3) is 38.7 Å². The molecule has 2 aromatic rings. The molecule has 0 aromatic heterocycles. The normalized spacial score (nSPS) is 10.6. The van der Waals surface area contributed by atoms with Crippen molar-refractivity contribution >= 4 is 27.6 Å². The van der Waals surface area contributed by atoms with E-state index in [0.717, 1.165) is 32.7 Å². The molecule has 0 radical (unpaired) electrons. The summed E-state index contributed by atoms with van der Waals surface area (Å²) in [5.41, 5.74) is 2.48. The fourth-order valence-electron chi connectivity index (χ4n) is 3.94. The third-order valence-corrected chi connectivity index (χ3v) is 5.16. The molecule has 0 unspecified atom stereocenters. The molecule has 0 heterocycles. The van der Waals surface area contributed by atoms with Crippen LogP contribution in [0.1, 0.15) is 5.56 Å². The molecule has 0 saturated carbocycles. The van der Waals surface area contributed by atoms with E-state index >= 15 is 0 Å². The van der Waals surface area contributed by atoms with Gasteiger partial charge in [-0.25, -0.2) is 0 Å². The van der Waals surface area contributed by atoms with Gasteiger partial charge in [0.15, 0.2) is 13.6 Å². The first-order valence-electron chi connectivity index (χ1n) is 9.89. The molecule has 2 aliphatic rings. The summed E-state index contributed by atoms with van der Waals surface area (Å²) in [6, 6.07) is 21.4. The second-order valence-electron chi connectivity index (χ2n) is 6.99. The number of fused-ring (bicyclic) bond motifs is 4. The van der Waals surface area contributed by atoms with E-state index in [1.54, 1.807) is 20.3 Å². The lowest BCUT2D eigenvalue weighted by Gasteiger charge is -2.16. The van der Waals surface area contributed by atoms with E-state index < -0.39 is 0 Å². The number of benzene rings is 2. The van der Waals surface area contributed by atoms with E-state index in [4.69, 9.17) is 18.9 Å². The van der Waals surface area contributed by atoms with Crippen LogP contribution in [0.3, 0.4) is 0 Å². The average Bonchev–Trinajstić information content (AvgIpc) is 2.96. The zero-order valence-electron chi connectivity index (χ0n) is 17.7. The monoisotopic (exact) mass is 424 g/mol. The van der Waals surface area contributed by atoms with Crippen molar-refractivity contribution in [1.29, 1.82) is 10.5 Å². The van der Waals surface area contributed by atoms with Crippen LogP contribution in [0.15, 0.2) is 60.2 Å². The highest BCUT2D eigenvalue weighted by atomic mass is 16.7. The Morgan fingerprint density at radius 3 is 1.84 bits per heavy atom. The minimum atomic E-state index is -0.00415. The van der Waals surface area contributed by atoms with Gasteiger partial charge in [-0.2, -0.15) is 10.5 Å². The van der Waals surface area contributed by atoms with Gasteiger partial charge in [-0.15, -0.1) is 0 Å². The molecule has 0 N–H and O–H groups in total. The SMILES string of the molecule is COCOc1c2ccccc2c(OCOC)c2c(C=C(C#N)C#N)c3cccccc-3c12. The lowest BCUT2D eigenvalue weighted by Crippen LogP contribution is -2.03. The average molecular weight is 424 g/mol. The lowest BCUT2D eigenvalue weighted by atomic mass is 10.0. The Balaban J connectivity index is 2.27. The van der Waals surface area contributed by atoms with Gasteiger partial charge in [0.1, 0.15) is 29.2 Å². The maximum absolute atomic E-state index is 9.44. The van der Waals surface area contributed by atoms with Crippen LogP contribution < -0.4 is 9.47 Å². The van der Waals surface area contributed by atoms with Crippen LogP contribution in [-0.4, -0.2) is 27.8 Å². The molecule has 2 aliphatic carbocycles. The Morgan fingerprint density at radius 1 is 0.750 bits per heavy atom. The quantitative estimate of drug-likeness (QED) is 0.288. The summed E-state index contributed by atoms with van der Waals surface area (Å²) in [7, 11) is 3.13. The van der Waals surface area contributed by atoms with Crippen LogP contribution in [0.4, 0.5) is 0 Å². The number of ether oxygens (including phenoxy) is 4. The molecule has 0 fully saturated rings. The Morgan fingerprint density at radius 2 is 1.28 bits per heavy atom. The van der Waals surface area contributed by atoms with Crippen molar-refractivity contribution in [2.75, 3.05) is 27.8 Å². The summed E-state index contributed by atoms with van der Waals surface area (Å²) in [5.74, 6) is 1.25. The Labute approximate surface area is 185 Å². The molecule has 158 valence electrons. The summed E-state index contributed by atoms with van der Waals surface area (Å²) < 4.78 is 22.6. The van der Waals surface area contributed by atoms with Crippen molar-refractivity contribution in [3.63, 3.8) is 0 Å². The number of nitriles is 2. The van der Waals surface area contributed by atoms with Crippen LogP contribution in [0, 0.1) is 22.7 Å². The minimum Gasteiger partial charge on any atom is -0.466 e. The molecule has 4 rings (SSSR count). The molecule has 0 aliphatic heterocycles. The Bertz CT molecular complexity index is 1360. The molecule has 32 heavy (non-hydrogen) atoms. The Hall–Kier alpha value is -4.10. The third-order valence-electron chi connectivity index (χ3n) is 5.16. The van der Waals surface area contributed by atoms with Gasteiger partial charge in [0.2, 0.25) is 0 Å². The molecule has 6 heteroatoms. The first-order valence-corrected chi connectivity index (χ1v) is 9.89. The minimum absolute atomic E-state index is 0.00415. The van der Waals surface area contributed by atoms with Gasteiger partial charge < -0.3 is 18.9 Å². The summed E-state index contributed by atoms with van der Waals surface area (Å²) >= 11 is 0. The van der Waals surface area contributed by atoms with Crippen LogP contribution in [-0.2, 0) is 9.47 Å². The highest BCUT2D eigenvalue weighted by molar-refractivity contribution is 6.22. The fraction of sp³-hybridized carbons (Fsp3) is 0.154. The van der Waals surface area contributed by atoms with Gasteiger partial charge in [0, 0.05) is 35.8 Å². The van der Waals surface area contributed by atoms with E-state index in [1.165, 1.54) is 0 Å². The summed E-state index contributed by atoms with van der Waals surface area (Å²) in [5, 5.41) is 22.1. The first kappa shape index (κ1) is 21.1. The van der Waals surface area contributed by atoms with E-state index in [1.807, 2.05) is 66.7 Å². The van der Waals surface area contributed by atoms with Gasteiger partial charge in [-0.05, 0) is 22.8 Å². The van der Waals surface area contributed by atoms with Crippen molar-refractivity contribution in [3.8, 4) is 34.8 Å². The predicted octanol–water partition coefficient (Wildman–Crippen LogP) is 5.49. The zero-order chi connectivity index (χ0) is 22.5. The van der Waals surface area contributed by atoms with Crippen molar-refractivity contribution in [2.45, 2.75) is 0 Å². The van der Waals surface area contributed by atoms with Crippen LogP contribution in [0.2, 0.25) is 0 Å². The van der Waals surface area contributed by atoms with E-state index in [2.05, 4.69) is 0 Å². The maximum atomic E-state index is 9.44. The standard InChI is InChI=1S/C26H20N2O4/c1-29-15-31-25-20-10-6-7-11-21(20)26(32-16-30-2)24-22(12-17(13-27)14-28)18-8-4-3-5-9-19(18)23(24)25/h3-12H,15-16H2,1-2H3. The largest absolute Gasteiger partial charge is 0.466 e. The third kappa shape index (κ3) is 3.59. The van der Waals surface area contributed by atoms with Crippen molar-refractivity contribution in [3.05, 3.63) is 65.7 Å². The summed E-state index contributed by atoms with van der Waals surface area (Å²) in [4.78, 5) is 0. The predicted molar refractivity (Wildman–Crippen MR) is 122 cm³/mol. The number of hydrogen-bond donors (Lipinski definition) is 0. The van der Waals surface area contributed by atoms with Crippen molar-refractivity contribution in [1.82, 2.24) is 0 Å². The van der Waals surface area contributed by atoms with Crippen LogP contribution >= 0.6 is 0 Å². The molecular formula is C26H20N2O4. The van der Waals surface area contributed by atoms with Gasteiger partial charge in [-0.1, -0.05) is 54.6 Å². The van der Waals surface area contributed by atoms with Gasteiger partial charge in [-0.3, -0.25) is 0 Å². The number of hydrogen-bond acceptors (Lipinski definition) is 6. The lowest BCUT2D eigenvalue weighted by molar-refractivity contribution is 0.0516. The van der Waals surface area contributed by atoms with E-state index in [9.17, 15) is 10.5 Å². The highest BCUT2D eigenvalue weighted by Gasteiger charge is 2.26. The molecule has 2 aromatic carbocycles.